The van der Waals surface area contributed by atoms with Crippen LogP contribution in [0.3, 0.4) is 0 Å². The molecule has 88 valence electrons. The second kappa shape index (κ2) is 4.28. The summed E-state index contributed by atoms with van der Waals surface area (Å²) in [6.45, 7) is 0. The maximum Gasteiger partial charge on any atom is 0.182 e. The van der Waals surface area contributed by atoms with E-state index in [1.165, 1.54) is 23.0 Å². The average Bonchev–Trinajstić information content (AvgIpc) is 2.68. The highest BCUT2D eigenvalue weighted by atomic mass is 19.1. The van der Waals surface area contributed by atoms with Gasteiger partial charge in [-0.25, -0.2) is 4.39 Å². The molecular weight excluding hydrogens is 225 g/mol. The lowest BCUT2D eigenvalue weighted by Gasteiger charge is -2.03. The first-order chi connectivity index (χ1) is 8.08. The molecule has 0 aliphatic heterocycles. The van der Waals surface area contributed by atoms with Crippen LogP contribution in [0.1, 0.15) is 16.2 Å². The van der Waals surface area contributed by atoms with Crippen LogP contribution in [-0.4, -0.2) is 26.0 Å². The lowest BCUT2D eigenvalue weighted by atomic mass is 10.1. The van der Waals surface area contributed by atoms with Crippen molar-refractivity contribution in [3.05, 3.63) is 35.4 Å². The fourth-order valence-corrected chi connectivity index (χ4v) is 1.41. The number of tetrazole rings is 1. The van der Waals surface area contributed by atoms with E-state index in [0.29, 0.717) is 0 Å². The van der Waals surface area contributed by atoms with E-state index in [1.54, 1.807) is 7.05 Å². The van der Waals surface area contributed by atoms with Gasteiger partial charge in [-0.15, -0.1) is 10.2 Å². The molecule has 1 heterocycles. The summed E-state index contributed by atoms with van der Waals surface area (Å²) in [7, 11) is 1.59. The third-order valence-corrected chi connectivity index (χ3v) is 2.22. The summed E-state index contributed by atoms with van der Waals surface area (Å²) in [5, 5.41) is 11.1. The molecule has 1 aromatic carbocycles. The number of aromatic nitrogens is 4. The first-order valence-corrected chi connectivity index (χ1v) is 4.88. The van der Waals surface area contributed by atoms with Crippen LogP contribution in [0.25, 0.3) is 0 Å². The van der Waals surface area contributed by atoms with Crippen molar-refractivity contribution in [1.82, 2.24) is 20.2 Å². The Morgan fingerprint density at radius 2 is 2.29 bits per heavy atom. The van der Waals surface area contributed by atoms with Crippen molar-refractivity contribution >= 4 is 11.5 Å². The van der Waals surface area contributed by atoms with Gasteiger partial charge >= 0.3 is 0 Å². The molecule has 0 fully saturated rings. The lowest BCUT2D eigenvalue weighted by Crippen LogP contribution is -2.09. The average molecular weight is 235 g/mol. The van der Waals surface area contributed by atoms with Crippen LogP contribution in [0.2, 0.25) is 0 Å². The number of Topliss-reactive ketones (excluding diaryl/α,β-unsaturated/α-hetero) is 1. The van der Waals surface area contributed by atoms with Gasteiger partial charge in [-0.2, -0.15) is 4.80 Å². The van der Waals surface area contributed by atoms with Gasteiger partial charge in [0.1, 0.15) is 5.82 Å². The van der Waals surface area contributed by atoms with Crippen molar-refractivity contribution in [2.24, 2.45) is 7.05 Å². The number of halogens is 1. The zero-order valence-electron chi connectivity index (χ0n) is 9.09. The number of ketones is 1. The van der Waals surface area contributed by atoms with Gasteiger partial charge in [-0.1, -0.05) is 6.07 Å². The molecule has 0 unspecified atom stereocenters. The molecular formula is C10H10FN5O. The van der Waals surface area contributed by atoms with Crippen molar-refractivity contribution in [3.8, 4) is 0 Å². The Morgan fingerprint density at radius 1 is 1.53 bits per heavy atom. The Hall–Kier alpha value is -2.31. The molecule has 0 aliphatic carbocycles. The number of nitrogens with zero attached hydrogens (tertiary/aromatic N) is 4. The highest BCUT2D eigenvalue weighted by Gasteiger charge is 2.15. The SMILES string of the molecule is Cn1nnc(CC(=O)c2cccc(F)c2N)n1. The number of carbonyl (C=O) groups is 1. The minimum atomic E-state index is -0.608. The van der Waals surface area contributed by atoms with Crippen LogP contribution in [-0.2, 0) is 13.5 Å². The number of nitrogen functional groups attached to an aromatic ring is 1. The van der Waals surface area contributed by atoms with E-state index in [1.807, 2.05) is 0 Å². The minimum Gasteiger partial charge on any atom is -0.396 e. The van der Waals surface area contributed by atoms with Gasteiger partial charge in [0.2, 0.25) is 0 Å². The zero-order valence-corrected chi connectivity index (χ0v) is 9.09. The Kier molecular flexibility index (Phi) is 2.82. The van der Waals surface area contributed by atoms with Crippen molar-refractivity contribution in [2.45, 2.75) is 6.42 Å². The van der Waals surface area contributed by atoms with Gasteiger partial charge in [0.15, 0.2) is 11.6 Å². The molecule has 6 nitrogen and oxygen atoms in total. The van der Waals surface area contributed by atoms with Crippen LogP contribution in [0, 0.1) is 5.82 Å². The molecule has 2 aromatic rings. The molecule has 0 atom stereocenters. The minimum absolute atomic E-state index is 0.0541. The number of carbonyl (C=O) groups excluding carboxylic acids is 1. The molecule has 0 saturated heterocycles. The van der Waals surface area contributed by atoms with E-state index in [9.17, 15) is 9.18 Å². The van der Waals surface area contributed by atoms with E-state index in [2.05, 4.69) is 15.4 Å². The van der Waals surface area contributed by atoms with Gasteiger partial charge in [0.25, 0.3) is 0 Å². The lowest BCUT2D eigenvalue weighted by molar-refractivity contribution is 0.0991. The molecule has 7 heteroatoms. The number of hydrogen-bond acceptors (Lipinski definition) is 5. The van der Waals surface area contributed by atoms with E-state index >= 15 is 0 Å². The third-order valence-electron chi connectivity index (χ3n) is 2.22. The van der Waals surface area contributed by atoms with Crippen molar-refractivity contribution in [2.75, 3.05) is 5.73 Å². The van der Waals surface area contributed by atoms with Crippen LogP contribution in [0.4, 0.5) is 10.1 Å². The van der Waals surface area contributed by atoms with Crippen LogP contribution in [0.15, 0.2) is 18.2 Å². The molecule has 0 saturated carbocycles. The van der Waals surface area contributed by atoms with Crippen LogP contribution < -0.4 is 5.73 Å². The van der Waals surface area contributed by atoms with E-state index < -0.39 is 5.82 Å². The van der Waals surface area contributed by atoms with Gasteiger partial charge in [0, 0.05) is 5.56 Å². The first-order valence-electron chi connectivity index (χ1n) is 4.88. The van der Waals surface area contributed by atoms with Gasteiger partial charge < -0.3 is 5.73 Å². The fraction of sp³-hybridized carbons (Fsp3) is 0.200. The molecule has 17 heavy (non-hydrogen) atoms. The van der Waals surface area contributed by atoms with E-state index in [0.717, 1.165) is 0 Å². The smallest absolute Gasteiger partial charge is 0.182 e. The van der Waals surface area contributed by atoms with Crippen molar-refractivity contribution < 1.29 is 9.18 Å². The summed E-state index contributed by atoms with van der Waals surface area (Å²) < 4.78 is 13.2. The predicted molar refractivity (Wildman–Crippen MR) is 57.6 cm³/mol. The summed E-state index contributed by atoms with van der Waals surface area (Å²) in [5.74, 6) is -0.667. The Morgan fingerprint density at radius 3 is 2.94 bits per heavy atom. The molecule has 0 amide bonds. The topological polar surface area (TPSA) is 86.7 Å². The molecule has 0 bridgehead atoms. The maximum absolute atomic E-state index is 13.2. The number of anilines is 1. The number of aryl methyl sites for hydroxylation is 1. The van der Waals surface area contributed by atoms with Crippen LogP contribution in [0.5, 0.6) is 0 Å². The highest BCUT2D eigenvalue weighted by Crippen LogP contribution is 2.17. The summed E-state index contributed by atoms with van der Waals surface area (Å²) >= 11 is 0. The summed E-state index contributed by atoms with van der Waals surface area (Å²) in [6, 6.07) is 4.10. The van der Waals surface area contributed by atoms with Gasteiger partial charge in [-0.3, -0.25) is 4.79 Å². The van der Waals surface area contributed by atoms with Crippen molar-refractivity contribution in [3.63, 3.8) is 0 Å². The quantitative estimate of drug-likeness (QED) is 0.613. The number of para-hydroxylation sites is 1. The van der Waals surface area contributed by atoms with Crippen molar-refractivity contribution in [1.29, 1.82) is 0 Å². The largest absolute Gasteiger partial charge is 0.396 e. The summed E-state index contributed by atoms with van der Waals surface area (Å²) in [4.78, 5) is 13.1. The first kappa shape index (κ1) is 11.2. The highest BCUT2D eigenvalue weighted by molar-refractivity contribution is 6.01. The predicted octanol–water partition coefficient (Wildman–Crippen LogP) is 0.357. The molecule has 2 rings (SSSR count). The molecule has 1 aromatic heterocycles. The number of benzene rings is 1. The standard InChI is InChI=1S/C10H10FN5O/c1-16-14-9(13-15-16)5-8(17)6-3-2-4-7(11)10(6)12/h2-4H,5,12H2,1H3. The Labute approximate surface area is 96.2 Å². The second-order valence-electron chi connectivity index (χ2n) is 3.50. The molecule has 0 aliphatic rings. The Balaban J connectivity index is 2.23. The van der Waals surface area contributed by atoms with E-state index in [-0.39, 0.29) is 29.3 Å². The molecule has 0 radical (unpaired) electrons. The summed E-state index contributed by atoms with van der Waals surface area (Å²) in [5.41, 5.74) is 5.47. The summed E-state index contributed by atoms with van der Waals surface area (Å²) in [6.07, 6.45) is -0.0541. The van der Waals surface area contributed by atoms with Gasteiger partial charge in [0.05, 0.1) is 19.2 Å². The fourth-order valence-electron chi connectivity index (χ4n) is 1.41. The molecule has 2 N–H and O–H groups in total. The Bertz CT molecular complexity index is 566. The normalized spacial score (nSPS) is 10.5. The monoisotopic (exact) mass is 235 g/mol. The van der Waals surface area contributed by atoms with Gasteiger partial charge in [-0.05, 0) is 17.3 Å². The third kappa shape index (κ3) is 2.27. The number of hydrogen-bond donors (Lipinski definition) is 1. The molecule has 0 spiro atoms. The number of rotatable bonds is 3. The van der Waals surface area contributed by atoms with Crippen LogP contribution >= 0.6 is 0 Å². The van der Waals surface area contributed by atoms with E-state index in [4.69, 9.17) is 5.73 Å². The zero-order chi connectivity index (χ0) is 12.4. The number of nitrogens with two attached hydrogens (primary N) is 1. The second-order valence-corrected chi connectivity index (χ2v) is 3.50. The maximum atomic E-state index is 13.2.